The third kappa shape index (κ3) is 6.63. The first-order valence-corrected chi connectivity index (χ1v) is 5.79. The van der Waals surface area contributed by atoms with Crippen molar-refractivity contribution < 1.29 is 9.94 Å². The Morgan fingerprint density at radius 2 is 2.12 bits per heavy atom. The first kappa shape index (κ1) is 15.2. The smallest absolute Gasteiger partial charge is 0.140 e. The lowest BCUT2D eigenvalue weighted by Gasteiger charge is -2.26. The maximum Gasteiger partial charge on any atom is 0.140 e. The van der Waals surface area contributed by atoms with Crippen LogP contribution in [-0.2, 0) is 4.74 Å². The number of rotatable bonds is 8. The number of oxime groups is 1. The minimum atomic E-state index is 0.262. The number of nitrogens with zero attached hydrogens (tertiary/aromatic N) is 2. The van der Waals surface area contributed by atoms with Gasteiger partial charge in [0.2, 0.25) is 0 Å². The first-order chi connectivity index (χ1) is 7.51. The molecular formula is C11H25N3O2. The van der Waals surface area contributed by atoms with Crippen LogP contribution in [0.5, 0.6) is 0 Å². The third-order valence-electron chi connectivity index (χ3n) is 2.56. The number of amidine groups is 1. The van der Waals surface area contributed by atoms with Crippen molar-refractivity contribution in [3.05, 3.63) is 0 Å². The molecule has 0 aromatic rings. The van der Waals surface area contributed by atoms with Crippen molar-refractivity contribution in [2.75, 3.05) is 20.2 Å². The molecule has 5 heteroatoms. The number of hydrogen-bond donors (Lipinski definition) is 2. The van der Waals surface area contributed by atoms with Gasteiger partial charge in [-0.2, -0.15) is 0 Å². The molecule has 0 aliphatic carbocycles. The Kier molecular flexibility index (Phi) is 7.93. The van der Waals surface area contributed by atoms with Crippen LogP contribution in [0.15, 0.2) is 5.16 Å². The van der Waals surface area contributed by atoms with Crippen molar-refractivity contribution in [2.45, 2.75) is 45.8 Å². The summed E-state index contributed by atoms with van der Waals surface area (Å²) in [6.45, 7) is 7.70. The van der Waals surface area contributed by atoms with Crippen molar-refractivity contribution in [1.82, 2.24) is 4.90 Å². The lowest BCUT2D eigenvalue weighted by atomic mass is 10.1. The van der Waals surface area contributed by atoms with Gasteiger partial charge in [-0.25, -0.2) is 0 Å². The van der Waals surface area contributed by atoms with Crippen molar-refractivity contribution in [2.24, 2.45) is 10.9 Å². The summed E-state index contributed by atoms with van der Waals surface area (Å²) in [5.74, 6) is 0.281. The molecule has 1 atom stereocenters. The van der Waals surface area contributed by atoms with E-state index in [0.29, 0.717) is 19.1 Å². The number of nitrogens with two attached hydrogens (primary N) is 1. The standard InChI is InChI=1S/C11H25N3O2/c1-5-10(8-11(12)13-15)14(4)6-7-16-9(2)3/h9-10,15H,5-8H2,1-4H3,(H2,12,13). The summed E-state index contributed by atoms with van der Waals surface area (Å²) in [5.41, 5.74) is 5.51. The van der Waals surface area contributed by atoms with Crippen LogP contribution in [0.3, 0.4) is 0 Å². The van der Waals surface area contributed by atoms with Crippen LogP contribution in [0.4, 0.5) is 0 Å². The first-order valence-electron chi connectivity index (χ1n) is 5.79. The number of likely N-dealkylation sites (N-methyl/N-ethyl adjacent to an activating group) is 1. The molecule has 0 spiro atoms. The molecule has 96 valence electrons. The molecule has 0 heterocycles. The summed E-state index contributed by atoms with van der Waals surface area (Å²) in [6.07, 6.45) is 1.82. The largest absolute Gasteiger partial charge is 0.409 e. The summed E-state index contributed by atoms with van der Waals surface area (Å²) in [4.78, 5) is 2.18. The molecule has 16 heavy (non-hydrogen) atoms. The average Bonchev–Trinajstić information content (AvgIpc) is 2.24. The molecule has 0 fully saturated rings. The predicted octanol–water partition coefficient (Wildman–Crippen LogP) is 1.26. The lowest BCUT2D eigenvalue weighted by molar-refractivity contribution is 0.0559. The zero-order valence-electron chi connectivity index (χ0n) is 10.8. The molecule has 0 radical (unpaired) electrons. The molecule has 0 aromatic heterocycles. The summed E-state index contributed by atoms with van der Waals surface area (Å²) in [6, 6.07) is 0.298. The second-order valence-electron chi connectivity index (χ2n) is 4.26. The Hall–Kier alpha value is -0.810. The number of ether oxygens (including phenoxy) is 1. The van der Waals surface area contributed by atoms with Gasteiger partial charge in [0.15, 0.2) is 0 Å². The van der Waals surface area contributed by atoms with Crippen LogP contribution in [0.2, 0.25) is 0 Å². The third-order valence-corrected chi connectivity index (χ3v) is 2.56. The number of hydrogen-bond acceptors (Lipinski definition) is 4. The van der Waals surface area contributed by atoms with Gasteiger partial charge in [0.05, 0.1) is 12.7 Å². The van der Waals surface area contributed by atoms with Crippen LogP contribution in [-0.4, -0.2) is 48.3 Å². The predicted molar refractivity (Wildman–Crippen MR) is 65.8 cm³/mol. The molecule has 0 rings (SSSR count). The zero-order chi connectivity index (χ0) is 12.6. The van der Waals surface area contributed by atoms with Gasteiger partial charge in [-0.1, -0.05) is 12.1 Å². The van der Waals surface area contributed by atoms with Gasteiger partial charge in [-0.05, 0) is 27.3 Å². The quantitative estimate of drug-likeness (QED) is 0.285. The van der Waals surface area contributed by atoms with Crippen molar-refractivity contribution >= 4 is 5.84 Å². The van der Waals surface area contributed by atoms with Crippen LogP contribution >= 0.6 is 0 Å². The second-order valence-corrected chi connectivity index (χ2v) is 4.26. The molecule has 0 aliphatic rings. The van der Waals surface area contributed by atoms with Crippen molar-refractivity contribution in [1.29, 1.82) is 0 Å². The van der Waals surface area contributed by atoms with E-state index in [1.165, 1.54) is 0 Å². The Labute approximate surface area is 98.2 Å². The van der Waals surface area contributed by atoms with E-state index < -0.39 is 0 Å². The van der Waals surface area contributed by atoms with Gasteiger partial charge >= 0.3 is 0 Å². The van der Waals surface area contributed by atoms with Crippen LogP contribution in [0.1, 0.15) is 33.6 Å². The fraction of sp³-hybridized carbons (Fsp3) is 0.909. The monoisotopic (exact) mass is 231 g/mol. The minimum Gasteiger partial charge on any atom is -0.409 e. The van der Waals surface area contributed by atoms with E-state index in [1.807, 2.05) is 20.9 Å². The van der Waals surface area contributed by atoms with Crippen LogP contribution < -0.4 is 5.73 Å². The average molecular weight is 231 g/mol. The van der Waals surface area contributed by atoms with Crippen molar-refractivity contribution in [3.8, 4) is 0 Å². The van der Waals surface area contributed by atoms with Crippen LogP contribution in [0.25, 0.3) is 0 Å². The highest BCUT2D eigenvalue weighted by Gasteiger charge is 2.14. The van der Waals surface area contributed by atoms with E-state index in [1.54, 1.807) is 0 Å². The Bertz CT molecular complexity index is 207. The highest BCUT2D eigenvalue weighted by atomic mass is 16.5. The van der Waals surface area contributed by atoms with E-state index in [4.69, 9.17) is 15.7 Å². The molecule has 0 aromatic carbocycles. The molecule has 0 aliphatic heterocycles. The highest BCUT2D eigenvalue weighted by Crippen LogP contribution is 2.06. The van der Waals surface area contributed by atoms with Gasteiger partial charge in [0.1, 0.15) is 5.84 Å². The molecule has 5 nitrogen and oxygen atoms in total. The molecule has 0 saturated carbocycles. The topological polar surface area (TPSA) is 71.1 Å². The Morgan fingerprint density at radius 3 is 2.56 bits per heavy atom. The summed E-state index contributed by atoms with van der Waals surface area (Å²) >= 11 is 0. The molecule has 0 saturated heterocycles. The summed E-state index contributed by atoms with van der Waals surface area (Å²) in [7, 11) is 2.03. The maximum atomic E-state index is 8.53. The minimum absolute atomic E-state index is 0.262. The highest BCUT2D eigenvalue weighted by molar-refractivity contribution is 5.80. The van der Waals surface area contributed by atoms with E-state index >= 15 is 0 Å². The van der Waals surface area contributed by atoms with Gasteiger partial charge in [0.25, 0.3) is 0 Å². The van der Waals surface area contributed by atoms with E-state index in [0.717, 1.165) is 13.0 Å². The van der Waals surface area contributed by atoms with Crippen molar-refractivity contribution in [3.63, 3.8) is 0 Å². The van der Waals surface area contributed by atoms with Gasteiger partial charge in [-0.3, -0.25) is 0 Å². The molecule has 1 unspecified atom stereocenters. The maximum absolute atomic E-state index is 8.53. The lowest BCUT2D eigenvalue weighted by Crippen LogP contribution is -2.37. The summed E-state index contributed by atoms with van der Waals surface area (Å²) in [5, 5.41) is 11.5. The summed E-state index contributed by atoms with van der Waals surface area (Å²) < 4.78 is 5.49. The van der Waals surface area contributed by atoms with E-state index in [-0.39, 0.29) is 11.9 Å². The van der Waals surface area contributed by atoms with E-state index in [2.05, 4.69) is 17.0 Å². The molecule has 0 bridgehead atoms. The Morgan fingerprint density at radius 1 is 1.50 bits per heavy atom. The normalized spacial score (nSPS) is 14.8. The molecule has 3 N–H and O–H groups in total. The SMILES string of the molecule is CCC(CC(N)=NO)N(C)CCOC(C)C. The van der Waals surface area contributed by atoms with Crippen LogP contribution in [0, 0.1) is 0 Å². The molecule has 0 amide bonds. The van der Waals surface area contributed by atoms with Gasteiger partial charge in [-0.15, -0.1) is 0 Å². The van der Waals surface area contributed by atoms with Gasteiger partial charge in [0, 0.05) is 19.0 Å². The van der Waals surface area contributed by atoms with E-state index in [9.17, 15) is 0 Å². The fourth-order valence-electron chi connectivity index (χ4n) is 1.51. The zero-order valence-corrected chi connectivity index (χ0v) is 10.8. The van der Waals surface area contributed by atoms with Gasteiger partial charge < -0.3 is 20.6 Å². The second kappa shape index (κ2) is 8.35. The fourth-order valence-corrected chi connectivity index (χ4v) is 1.51. The molecular weight excluding hydrogens is 206 g/mol. The Balaban J connectivity index is 3.95.